The molecule has 1 saturated heterocycles. The summed E-state index contributed by atoms with van der Waals surface area (Å²) in [5.41, 5.74) is 5.66. The van der Waals surface area contributed by atoms with E-state index in [1.807, 2.05) is 0 Å². The molecule has 1 saturated carbocycles. The molecule has 2 fully saturated rings. The third-order valence-corrected chi connectivity index (χ3v) is 3.70. The fourth-order valence-corrected chi connectivity index (χ4v) is 2.73. The minimum absolute atomic E-state index is 0.550. The molecule has 2 aliphatic rings. The highest BCUT2D eigenvalue weighted by Gasteiger charge is 2.34. The highest BCUT2D eigenvalue weighted by atomic mass is 16.5. The molecular formula is C11H21NO. The van der Waals surface area contributed by atoms with E-state index in [0.29, 0.717) is 6.10 Å². The first kappa shape index (κ1) is 9.47. The molecule has 0 aromatic rings. The standard InChI is InChI=1S/C11H21NO/c12-7-6-10(9-3-1-4-9)11-5-2-8-13-11/h9-11H,1-8,12H2. The van der Waals surface area contributed by atoms with Crippen LogP contribution in [-0.4, -0.2) is 19.3 Å². The van der Waals surface area contributed by atoms with Crippen molar-refractivity contribution < 1.29 is 4.74 Å². The molecule has 1 aliphatic heterocycles. The van der Waals surface area contributed by atoms with Crippen molar-refractivity contribution in [2.24, 2.45) is 17.6 Å². The van der Waals surface area contributed by atoms with E-state index in [2.05, 4.69) is 0 Å². The Morgan fingerprint density at radius 1 is 1.23 bits per heavy atom. The fourth-order valence-electron chi connectivity index (χ4n) is 2.73. The van der Waals surface area contributed by atoms with Gasteiger partial charge in [-0.1, -0.05) is 19.3 Å². The van der Waals surface area contributed by atoms with Gasteiger partial charge in [-0.2, -0.15) is 0 Å². The Kier molecular flexibility index (Phi) is 3.23. The van der Waals surface area contributed by atoms with Gasteiger partial charge in [-0.05, 0) is 37.6 Å². The normalized spacial score (nSPS) is 31.6. The fraction of sp³-hybridized carbons (Fsp3) is 1.00. The monoisotopic (exact) mass is 183 g/mol. The number of nitrogens with two attached hydrogens (primary N) is 1. The van der Waals surface area contributed by atoms with Crippen LogP contribution < -0.4 is 5.73 Å². The van der Waals surface area contributed by atoms with Crippen LogP contribution in [0.1, 0.15) is 38.5 Å². The van der Waals surface area contributed by atoms with Crippen molar-refractivity contribution in [3.05, 3.63) is 0 Å². The highest BCUT2D eigenvalue weighted by Crippen LogP contribution is 2.39. The second-order valence-corrected chi connectivity index (χ2v) is 4.48. The molecule has 0 aromatic carbocycles. The minimum atomic E-state index is 0.550. The SMILES string of the molecule is NCCC(C1CCC1)C1CCCO1. The average molecular weight is 183 g/mol. The summed E-state index contributed by atoms with van der Waals surface area (Å²) in [5.74, 6) is 1.72. The van der Waals surface area contributed by atoms with Crippen molar-refractivity contribution in [2.75, 3.05) is 13.2 Å². The molecule has 0 aromatic heterocycles. The van der Waals surface area contributed by atoms with Gasteiger partial charge in [0.2, 0.25) is 0 Å². The number of hydrogen-bond acceptors (Lipinski definition) is 2. The minimum Gasteiger partial charge on any atom is -0.378 e. The number of ether oxygens (including phenoxy) is 1. The van der Waals surface area contributed by atoms with Gasteiger partial charge in [-0.25, -0.2) is 0 Å². The number of hydrogen-bond donors (Lipinski definition) is 1. The Labute approximate surface area is 80.8 Å². The first-order valence-electron chi connectivity index (χ1n) is 5.73. The molecule has 0 spiro atoms. The lowest BCUT2D eigenvalue weighted by Gasteiger charge is -2.36. The van der Waals surface area contributed by atoms with E-state index < -0.39 is 0 Å². The van der Waals surface area contributed by atoms with E-state index in [1.165, 1.54) is 38.5 Å². The first-order chi connectivity index (χ1) is 6.42. The topological polar surface area (TPSA) is 35.2 Å². The van der Waals surface area contributed by atoms with Crippen molar-refractivity contribution in [2.45, 2.75) is 44.6 Å². The molecule has 2 rings (SSSR count). The summed E-state index contributed by atoms with van der Waals surface area (Å²) in [4.78, 5) is 0. The van der Waals surface area contributed by atoms with Crippen molar-refractivity contribution in [1.29, 1.82) is 0 Å². The first-order valence-corrected chi connectivity index (χ1v) is 5.73. The second-order valence-electron chi connectivity index (χ2n) is 4.48. The van der Waals surface area contributed by atoms with Gasteiger partial charge in [-0.3, -0.25) is 0 Å². The Balaban J connectivity index is 1.86. The molecule has 1 heterocycles. The summed E-state index contributed by atoms with van der Waals surface area (Å²) in [6.07, 6.45) is 8.54. The van der Waals surface area contributed by atoms with E-state index >= 15 is 0 Å². The van der Waals surface area contributed by atoms with E-state index in [9.17, 15) is 0 Å². The maximum Gasteiger partial charge on any atom is 0.0607 e. The highest BCUT2D eigenvalue weighted by molar-refractivity contribution is 4.85. The molecule has 0 bridgehead atoms. The van der Waals surface area contributed by atoms with Gasteiger partial charge in [-0.15, -0.1) is 0 Å². The molecule has 76 valence electrons. The predicted octanol–water partition coefficient (Wildman–Crippen LogP) is 1.93. The summed E-state index contributed by atoms with van der Waals surface area (Å²) in [7, 11) is 0. The van der Waals surface area contributed by atoms with Crippen LogP contribution in [0, 0.1) is 11.8 Å². The summed E-state index contributed by atoms with van der Waals surface area (Å²) in [6.45, 7) is 1.82. The molecule has 2 N–H and O–H groups in total. The van der Waals surface area contributed by atoms with Crippen LogP contribution in [0.3, 0.4) is 0 Å². The van der Waals surface area contributed by atoms with Crippen LogP contribution in [0.4, 0.5) is 0 Å². The van der Waals surface area contributed by atoms with Gasteiger partial charge >= 0.3 is 0 Å². The molecule has 13 heavy (non-hydrogen) atoms. The van der Waals surface area contributed by atoms with Gasteiger partial charge in [0.1, 0.15) is 0 Å². The van der Waals surface area contributed by atoms with Crippen LogP contribution >= 0.6 is 0 Å². The van der Waals surface area contributed by atoms with E-state index in [1.54, 1.807) is 0 Å². The van der Waals surface area contributed by atoms with Crippen molar-refractivity contribution in [1.82, 2.24) is 0 Å². The van der Waals surface area contributed by atoms with Gasteiger partial charge in [0.15, 0.2) is 0 Å². The van der Waals surface area contributed by atoms with Crippen LogP contribution in [0.2, 0.25) is 0 Å². The molecule has 1 aliphatic carbocycles. The van der Waals surface area contributed by atoms with Crippen LogP contribution in [-0.2, 0) is 4.74 Å². The molecule has 2 unspecified atom stereocenters. The average Bonchev–Trinajstić information content (AvgIpc) is 2.51. The van der Waals surface area contributed by atoms with E-state index in [0.717, 1.165) is 25.0 Å². The largest absolute Gasteiger partial charge is 0.378 e. The van der Waals surface area contributed by atoms with Crippen molar-refractivity contribution >= 4 is 0 Å². The van der Waals surface area contributed by atoms with Crippen molar-refractivity contribution in [3.63, 3.8) is 0 Å². The lowest BCUT2D eigenvalue weighted by Crippen LogP contribution is -2.33. The van der Waals surface area contributed by atoms with Gasteiger partial charge < -0.3 is 10.5 Å². The Bertz CT molecular complexity index is 150. The summed E-state index contributed by atoms with van der Waals surface area (Å²) < 4.78 is 5.77. The zero-order chi connectivity index (χ0) is 9.10. The van der Waals surface area contributed by atoms with E-state index in [4.69, 9.17) is 10.5 Å². The van der Waals surface area contributed by atoms with Gasteiger partial charge in [0.05, 0.1) is 6.10 Å². The summed E-state index contributed by atoms with van der Waals surface area (Å²) in [5, 5.41) is 0. The quantitative estimate of drug-likeness (QED) is 0.723. The second kappa shape index (κ2) is 4.43. The Hall–Kier alpha value is -0.0800. The molecule has 0 radical (unpaired) electrons. The van der Waals surface area contributed by atoms with Gasteiger partial charge in [0, 0.05) is 6.61 Å². The Morgan fingerprint density at radius 2 is 2.08 bits per heavy atom. The third kappa shape index (κ3) is 2.05. The van der Waals surface area contributed by atoms with E-state index in [-0.39, 0.29) is 0 Å². The lowest BCUT2D eigenvalue weighted by atomic mass is 9.72. The zero-order valence-corrected chi connectivity index (χ0v) is 8.37. The van der Waals surface area contributed by atoms with Crippen LogP contribution in [0.5, 0.6) is 0 Å². The zero-order valence-electron chi connectivity index (χ0n) is 8.37. The smallest absolute Gasteiger partial charge is 0.0607 e. The van der Waals surface area contributed by atoms with Crippen LogP contribution in [0.25, 0.3) is 0 Å². The molecule has 2 atom stereocenters. The maximum absolute atomic E-state index is 5.77. The van der Waals surface area contributed by atoms with Crippen LogP contribution in [0.15, 0.2) is 0 Å². The molecule has 0 amide bonds. The summed E-state index contributed by atoms with van der Waals surface area (Å²) in [6, 6.07) is 0. The molecule has 2 heteroatoms. The van der Waals surface area contributed by atoms with Crippen molar-refractivity contribution in [3.8, 4) is 0 Å². The number of rotatable bonds is 4. The van der Waals surface area contributed by atoms with Gasteiger partial charge in [0.25, 0.3) is 0 Å². The predicted molar refractivity (Wildman–Crippen MR) is 53.5 cm³/mol. The Morgan fingerprint density at radius 3 is 2.54 bits per heavy atom. The summed E-state index contributed by atoms with van der Waals surface area (Å²) >= 11 is 0. The maximum atomic E-state index is 5.77. The molecule has 2 nitrogen and oxygen atoms in total. The third-order valence-electron chi connectivity index (χ3n) is 3.70. The lowest BCUT2D eigenvalue weighted by molar-refractivity contribution is 0.0146. The molecular weight excluding hydrogens is 162 g/mol.